The van der Waals surface area contributed by atoms with Gasteiger partial charge >= 0.3 is 17.9 Å². The molecular formula is C21H26O8S. The smallest absolute Gasteiger partial charge is 0.303 e. The van der Waals surface area contributed by atoms with Crippen molar-refractivity contribution in [3.8, 4) is 0 Å². The van der Waals surface area contributed by atoms with Gasteiger partial charge in [0.25, 0.3) is 0 Å². The SMILES string of the molecule is C=CCO[C@H]1[C@@H](OC(C)=O)[C@H](COC(C)=O)O[C@@H](Sc2ccccc2)[C@H]1OC(C)=O. The number of hydrogen-bond donors (Lipinski definition) is 0. The van der Waals surface area contributed by atoms with Crippen LogP contribution in [0.4, 0.5) is 0 Å². The molecule has 0 bridgehead atoms. The Kier molecular flexibility index (Phi) is 9.35. The Morgan fingerprint density at radius 3 is 2.20 bits per heavy atom. The van der Waals surface area contributed by atoms with E-state index in [4.69, 9.17) is 23.7 Å². The third-order valence-corrected chi connectivity index (χ3v) is 5.20. The molecule has 1 aliphatic rings. The van der Waals surface area contributed by atoms with Crippen molar-refractivity contribution in [2.75, 3.05) is 13.2 Å². The molecule has 0 spiro atoms. The second-order valence-electron chi connectivity index (χ2n) is 6.51. The van der Waals surface area contributed by atoms with Crippen LogP contribution in [-0.4, -0.2) is 61.0 Å². The Balaban J connectivity index is 2.39. The standard InChI is InChI=1S/C21H26O8S/c1-5-11-25-19-18(27-14(3)23)17(12-26-13(2)22)29-21(20(19)28-15(4)24)30-16-9-7-6-8-10-16/h5-10,17-21H,1,11-12H2,2-4H3/t17-,18-,19-,20-,21-/m0/s1. The summed E-state index contributed by atoms with van der Waals surface area (Å²) in [4.78, 5) is 35.8. The second-order valence-corrected chi connectivity index (χ2v) is 7.68. The summed E-state index contributed by atoms with van der Waals surface area (Å²) in [5.74, 6) is -1.60. The molecule has 0 N–H and O–H groups in total. The van der Waals surface area contributed by atoms with Gasteiger partial charge in [0, 0.05) is 25.7 Å². The first-order chi connectivity index (χ1) is 14.3. The number of ether oxygens (including phenoxy) is 5. The molecule has 0 saturated carbocycles. The summed E-state index contributed by atoms with van der Waals surface area (Å²) in [6, 6.07) is 9.40. The van der Waals surface area contributed by atoms with Crippen molar-refractivity contribution in [1.82, 2.24) is 0 Å². The molecule has 1 aromatic rings. The molecule has 1 aromatic carbocycles. The van der Waals surface area contributed by atoms with Crippen LogP contribution in [0.5, 0.6) is 0 Å². The Labute approximate surface area is 179 Å². The minimum absolute atomic E-state index is 0.128. The number of thioether (sulfide) groups is 1. The molecule has 8 nitrogen and oxygen atoms in total. The third kappa shape index (κ3) is 7.16. The molecule has 0 aromatic heterocycles. The highest BCUT2D eigenvalue weighted by Crippen LogP contribution is 2.37. The molecule has 1 heterocycles. The van der Waals surface area contributed by atoms with Gasteiger partial charge in [-0.15, -0.1) is 6.58 Å². The van der Waals surface area contributed by atoms with E-state index in [0.717, 1.165) is 4.90 Å². The van der Waals surface area contributed by atoms with Gasteiger partial charge in [0.05, 0.1) is 6.61 Å². The highest BCUT2D eigenvalue weighted by molar-refractivity contribution is 7.99. The fraction of sp³-hybridized carbons (Fsp3) is 0.476. The molecule has 1 saturated heterocycles. The first-order valence-electron chi connectivity index (χ1n) is 9.39. The molecule has 164 valence electrons. The van der Waals surface area contributed by atoms with Gasteiger partial charge < -0.3 is 23.7 Å². The van der Waals surface area contributed by atoms with Gasteiger partial charge in [0.15, 0.2) is 12.2 Å². The summed E-state index contributed by atoms with van der Waals surface area (Å²) in [6.07, 6.45) is -1.98. The summed E-state index contributed by atoms with van der Waals surface area (Å²) in [5.41, 5.74) is -0.696. The predicted octanol–water partition coefficient (Wildman–Crippen LogP) is 2.50. The van der Waals surface area contributed by atoms with Crippen LogP contribution in [0.15, 0.2) is 47.9 Å². The van der Waals surface area contributed by atoms with Crippen molar-refractivity contribution < 1.29 is 38.1 Å². The molecule has 5 atom stereocenters. The lowest BCUT2D eigenvalue weighted by molar-refractivity contribution is -0.237. The van der Waals surface area contributed by atoms with Gasteiger partial charge in [-0.2, -0.15) is 0 Å². The average Bonchev–Trinajstić information content (AvgIpc) is 2.68. The van der Waals surface area contributed by atoms with Crippen molar-refractivity contribution in [3.05, 3.63) is 43.0 Å². The van der Waals surface area contributed by atoms with Crippen LogP contribution in [0.1, 0.15) is 20.8 Å². The molecule has 0 radical (unpaired) electrons. The number of carbonyl (C=O) groups is 3. The minimum Gasteiger partial charge on any atom is -0.463 e. The van der Waals surface area contributed by atoms with E-state index in [9.17, 15) is 14.4 Å². The van der Waals surface area contributed by atoms with Gasteiger partial charge in [-0.1, -0.05) is 36.0 Å². The van der Waals surface area contributed by atoms with Crippen molar-refractivity contribution in [1.29, 1.82) is 0 Å². The quantitative estimate of drug-likeness (QED) is 0.327. The average molecular weight is 438 g/mol. The fourth-order valence-corrected chi connectivity index (χ4v) is 4.09. The maximum Gasteiger partial charge on any atom is 0.303 e. The van der Waals surface area contributed by atoms with Crippen LogP contribution < -0.4 is 0 Å². The lowest BCUT2D eigenvalue weighted by Crippen LogP contribution is -2.61. The van der Waals surface area contributed by atoms with Crippen molar-refractivity contribution in [2.24, 2.45) is 0 Å². The van der Waals surface area contributed by atoms with Crippen LogP contribution in [0, 0.1) is 0 Å². The molecule has 30 heavy (non-hydrogen) atoms. The highest BCUT2D eigenvalue weighted by Gasteiger charge is 2.51. The van der Waals surface area contributed by atoms with Gasteiger partial charge in [-0.05, 0) is 12.1 Å². The zero-order valence-corrected chi connectivity index (χ0v) is 18.0. The van der Waals surface area contributed by atoms with Gasteiger partial charge in [-0.25, -0.2) is 0 Å². The van der Waals surface area contributed by atoms with Gasteiger partial charge in [-0.3, -0.25) is 14.4 Å². The minimum atomic E-state index is -0.959. The Bertz CT molecular complexity index is 738. The van der Waals surface area contributed by atoms with E-state index in [2.05, 4.69) is 6.58 Å². The number of benzene rings is 1. The van der Waals surface area contributed by atoms with E-state index in [1.807, 2.05) is 30.3 Å². The van der Waals surface area contributed by atoms with Crippen LogP contribution in [0.25, 0.3) is 0 Å². The monoisotopic (exact) mass is 438 g/mol. The van der Waals surface area contributed by atoms with Crippen molar-refractivity contribution in [3.63, 3.8) is 0 Å². The molecule has 1 aliphatic heterocycles. The number of hydrogen-bond acceptors (Lipinski definition) is 9. The van der Waals surface area contributed by atoms with Gasteiger partial charge in [0.1, 0.15) is 24.3 Å². The van der Waals surface area contributed by atoms with E-state index in [0.29, 0.717) is 0 Å². The summed E-state index contributed by atoms with van der Waals surface area (Å²) < 4.78 is 28.0. The first kappa shape index (κ1) is 23.9. The molecule has 1 fully saturated rings. The van der Waals surface area contributed by atoms with Crippen LogP contribution in [0.2, 0.25) is 0 Å². The molecular weight excluding hydrogens is 412 g/mol. The molecule has 0 amide bonds. The predicted molar refractivity (Wildman–Crippen MR) is 109 cm³/mol. The Morgan fingerprint density at radius 1 is 1.00 bits per heavy atom. The maximum absolute atomic E-state index is 11.8. The normalized spacial score (nSPS) is 25.8. The van der Waals surface area contributed by atoms with E-state index in [-0.39, 0.29) is 13.2 Å². The van der Waals surface area contributed by atoms with Gasteiger partial charge in [0.2, 0.25) is 0 Å². The summed E-state index contributed by atoms with van der Waals surface area (Å²) >= 11 is 1.32. The van der Waals surface area contributed by atoms with E-state index in [1.54, 1.807) is 0 Å². The zero-order valence-electron chi connectivity index (χ0n) is 17.1. The third-order valence-electron chi connectivity index (χ3n) is 4.05. The van der Waals surface area contributed by atoms with E-state index < -0.39 is 47.8 Å². The largest absolute Gasteiger partial charge is 0.463 e. The van der Waals surface area contributed by atoms with E-state index in [1.165, 1.54) is 38.6 Å². The Morgan fingerprint density at radius 2 is 1.63 bits per heavy atom. The number of rotatable bonds is 9. The highest BCUT2D eigenvalue weighted by atomic mass is 32.2. The Hall–Kier alpha value is -2.36. The second kappa shape index (κ2) is 11.7. The number of esters is 3. The van der Waals surface area contributed by atoms with Crippen molar-refractivity contribution in [2.45, 2.75) is 55.5 Å². The van der Waals surface area contributed by atoms with Crippen LogP contribution in [0.3, 0.4) is 0 Å². The maximum atomic E-state index is 11.8. The van der Waals surface area contributed by atoms with Crippen molar-refractivity contribution >= 4 is 29.7 Å². The topological polar surface area (TPSA) is 97.4 Å². The zero-order chi connectivity index (χ0) is 22.1. The van der Waals surface area contributed by atoms with E-state index >= 15 is 0 Å². The molecule has 0 aliphatic carbocycles. The summed E-state index contributed by atoms with van der Waals surface area (Å²) in [5, 5.41) is 0. The first-order valence-corrected chi connectivity index (χ1v) is 10.3. The summed E-state index contributed by atoms with van der Waals surface area (Å²) in [7, 11) is 0. The molecule has 9 heteroatoms. The molecule has 0 unspecified atom stereocenters. The number of carbonyl (C=O) groups excluding carboxylic acids is 3. The van der Waals surface area contributed by atoms with Crippen LogP contribution >= 0.6 is 11.8 Å². The fourth-order valence-electron chi connectivity index (χ4n) is 2.96. The lowest BCUT2D eigenvalue weighted by Gasteiger charge is -2.44. The molecule has 2 rings (SSSR count). The summed E-state index contributed by atoms with van der Waals surface area (Å²) in [6.45, 7) is 7.41. The van der Waals surface area contributed by atoms with Crippen LogP contribution in [-0.2, 0) is 38.1 Å². The lowest BCUT2D eigenvalue weighted by atomic mass is 9.99.